The molecule has 0 saturated heterocycles. The normalized spacial score (nSPS) is 14.0. The van der Waals surface area contributed by atoms with Gasteiger partial charge in [-0.05, 0) is 48.8 Å². The van der Waals surface area contributed by atoms with Crippen LogP contribution in [0.15, 0.2) is 162 Å². The number of benzene rings is 3. The monoisotopic (exact) mass is 2000 g/mol. The van der Waals surface area contributed by atoms with Crippen molar-refractivity contribution in [3.63, 3.8) is 0 Å². The number of hydrogen-bond acceptors (Lipinski definition) is 53. The van der Waals surface area contributed by atoms with Gasteiger partial charge >= 0.3 is 11.9 Å². The van der Waals surface area contributed by atoms with E-state index in [1.807, 2.05) is 91.0 Å². The van der Waals surface area contributed by atoms with E-state index in [0.717, 1.165) is 51.9 Å². The van der Waals surface area contributed by atoms with E-state index in [2.05, 4.69) is 194 Å². The number of nitrogens with one attached hydrogen (secondary N) is 21. The lowest BCUT2D eigenvalue weighted by atomic mass is 10.2. The number of nitrogens with two attached hydrogens (primary N) is 1. The molecule has 3 aromatic rings. The number of amidine groups is 14. The molecule has 0 aromatic heterocycles. The summed E-state index contributed by atoms with van der Waals surface area (Å²) in [5.41, 5.74) is 42.6. The highest BCUT2D eigenvalue weighted by Gasteiger charge is 2.27. The van der Waals surface area contributed by atoms with Crippen LogP contribution in [0.4, 0.5) is 0 Å². The van der Waals surface area contributed by atoms with E-state index in [1.165, 1.54) is 28.3 Å². The lowest BCUT2D eigenvalue weighted by molar-refractivity contribution is -0.133. The Kier molecular flexibility index (Phi) is 50.5. The number of carbonyl (C=O) groups is 14. The molecule has 60 heteroatoms. The fraction of sp³-hybridized carbons (Fsp3) is 0.378. The molecule has 7 aliphatic rings. The van der Waals surface area contributed by atoms with Gasteiger partial charge < -0.3 is 52.4 Å². The Hall–Kier alpha value is -13.4. The highest BCUT2D eigenvalue weighted by Crippen LogP contribution is 2.26. The first-order valence-electron chi connectivity index (χ1n) is 40.3. The van der Waals surface area contributed by atoms with Gasteiger partial charge in [-0.15, -0.1) is 45.9 Å². The van der Waals surface area contributed by atoms with Gasteiger partial charge in [0, 0.05) is 131 Å². The minimum atomic E-state index is -0.691. The van der Waals surface area contributed by atoms with Crippen LogP contribution in [0.2, 0.25) is 0 Å². The van der Waals surface area contributed by atoms with E-state index >= 15 is 0 Å². The Morgan fingerprint density at radius 1 is 0.261 bits per heavy atom. The largest absolute Gasteiger partial charge is 0.463 e. The highest BCUT2D eigenvalue weighted by molar-refractivity contribution is 8.77. The maximum absolute atomic E-state index is 12.4. The third-order valence-corrected chi connectivity index (χ3v) is 26.5. The minimum Gasteiger partial charge on any atom is -0.463 e. The van der Waals surface area contributed by atoms with Crippen LogP contribution >= 0.6 is 86.4 Å². The number of hydrazone groups is 14. The second-order valence-electron chi connectivity index (χ2n) is 26.2. The molecule has 7 amide bonds. The highest BCUT2D eigenvalue weighted by atomic mass is 33.1. The van der Waals surface area contributed by atoms with Crippen molar-refractivity contribution in [2.75, 3.05) is 94.0 Å². The van der Waals surface area contributed by atoms with E-state index in [1.54, 1.807) is 86.4 Å². The molecule has 718 valence electrons. The summed E-state index contributed by atoms with van der Waals surface area (Å²) < 4.78 is 8.96. The topological polar surface area (TPSA) is 709 Å². The van der Waals surface area contributed by atoms with Crippen molar-refractivity contribution >= 4 is 250 Å². The van der Waals surface area contributed by atoms with Crippen LogP contribution in [0, 0.1) is 0 Å². The molecule has 0 bridgehead atoms. The molecule has 3 aromatic carbocycles. The van der Waals surface area contributed by atoms with E-state index < -0.39 is 53.3 Å². The molecule has 0 aliphatic carbocycles. The second-order valence-corrected chi connectivity index (χ2v) is 37.0. The van der Waals surface area contributed by atoms with Crippen molar-refractivity contribution in [1.82, 2.24) is 113 Å². The zero-order valence-electron chi connectivity index (χ0n) is 72.3. The van der Waals surface area contributed by atoms with Crippen molar-refractivity contribution in [3.05, 3.63) is 108 Å². The fourth-order valence-electron chi connectivity index (χ4n) is 9.56. The molecule has 7 aliphatic heterocycles. The van der Waals surface area contributed by atoms with Crippen molar-refractivity contribution in [3.8, 4) is 0 Å². The number of hydrogen-bond donors (Lipinski definition) is 22. The Morgan fingerprint density at radius 3 is 0.664 bits per heavy atom. The summed E-state index contributed by atoms with van der Waals surface area (Å²) in [4.78, 5) is 167. The number of methoxy groups -OCH3 is 2. The first kappa shape index (κ1) is 108. The zero-order chi connectivity index (χ0) is 96.3. The van der Waals surface area contributed by atoms with Gasteiger partial charge in [0.2, 0.25) is 98.9 Å². The van der Waals surface area contributed by atoms with Crippen LogP contribution < -0.4 is 119 Å². The van der Waals surface area contributed by atoms with Gasteiger partial charge in [0.15, 0.2) is 0 Å². The fourth-order valence-corrected chi connectivity index (χ4v) is 17.7. The summed E-state index contributed by atoms with van der Waals surface area (Å²) in [6, 6.07) is 28.3. The second kappa shape index (κ2) is 62.8. The van der Waals surface area contributed by atoms with Crippen molar-refractivity contribution < 1.29 is 76.6 Å². The summed E-state index contributed by atoms with van der Waals surface area (Å²) >= 11 is 0. The number of amides is 7. The average molecular weight is 2000 g/mol. The number of likely N-dealkylation sites (N-methyl/N-ethyl adjacent to an activating group) is 2. The molecule has 23 N–H and O–H groups in total. The van der Waals surface area contributed by atoms with Gasteiger partial charge in [0.25, 0.3) is 53.0 Å². The lowest BCUT2D eigenvalue weighted by Gasteiger charge is -2.14. The third kappa shape index (κ3) is 40.7. The van der Waals surface area contributed by atoms with E-state index in [4.69, 9.17) is 5.73 Å². The number of carbonyl (C=O) groups excluding carboxylic acids is 14. The Bertz CT molecular complexity index is 4890. The van der Waals surface area contributed by atoms with Crippen LogP contribution in [0.1, 0.15) is 80.9 Å². The number of rotatable bonds is 52. The zero-order valence-corrected chi connectivity index (χ0v) is 78.8. The smallest absolute Gasteiger partial charge is 0.377 e. The molecule has 0 spiro atoms. The Labute approximate surface area is 797 Å². The Balaban J connectivity index is 0.000000252. The first-order valence-corrected chi connectivity index (χ1v) is 50.3. The molecule has 0 atom stereocenters. The van der Waals surface area contributed by atoms with Crippen LogP contribution in [0.3, 0.4) is 0 Å². The average Bonchev–Trinajstić information content (AvgIpc) is 0.897. The van der Waals surface area contributed by atoms with Crippen molar-refractivity contribution in [2.24, 2.45) is 77.2 Å². The summed E-state index contributed by atoms with van der Waals surface area (Å²) in [5.74, 6) is 0.214. The predicted octanol–water partition coefficient (Wildman–Crippen LogP) is -3.07. The minimum absolute atomic E-state index is 0.0257. The summed E-state index contributed by atoms with van der Waals surface area (Å²) in [5, 5.41) is 71.7. The van der Waals surface area contributed by atoms with Crippen LogP contribution in [-0.2, 0) is 96.2 Å². The van der Waals surface area contributed by atoms with Gasteiger partial charge in [0.1, 0.15) is 0 Å². The number of ether oxygens (including phenoxy) is 2. The molecule has 0 saturated carbocycles. The van der Waals surface area contributed by atoms with Crippen LogP contribution in [0.5, 0.6) is 0 Å². The summed E-state index contributed by atoms with van der Waals surface area (Å²) in [6.45, 7) is 2.46. The molecular formula is C74H98N36O16S8. The SMILES string of the molecule is CNC(=O)C1=NNC(C(=O)CCCSSCCN)=NN1.CNC(=O)C1=NNC(C(=O)NCCSSCCCC(=O)C2=NNC(C(=O)NCc3ccccc3)=NN2)=NN1.COC(=O)C1=NNC(C(=O)CCCSSCCCC(=O)C2=NNC(C(=O)OC)=NN2)=NN1.O=C(CCCSSCCNC(=O)C1=NNC(C(=O)NCc2ccccc2)=NN1)C1=NNC(C(=O)NCc2ccccc2)=NN1. The summed E-state index contributed by atoms with van der Waals surface area (Å²) in [6.07, 6.45) is 4.72. The molecule has 0 radical (unpaired) electrons. The van der Waals surface area contributed by atoms with E-state index in [0.29, 0.717) is 88.6 Å². The van der Waals surface area contributed by atoms with E-state index in [-0.39, 0.29) is 136 Å². The van der Waals surface area contributed by atoms with Crippen molar-refractivity contribution in [2.45, 2.75) is 83.8 Å². The molecule has 10 rings (SSSR count). The molecule has 7 heterocycles. The predicted molar refractivity (Wildman–Crippen MR) is 521 cm³/mol. The van der Waals surface area contributed by atoms with Gasteiger partial charge in [-0.1, -0.05) is 177 Å². The molecule has 0 unspecified atom stereocenters. The Morgan fingerprint density at radius 2 is 0.455 bits per heavy atom. The first-order chi connectivity index (χ1) is 65.1. The van der Waals surface area contributed by atoms with Gasteiger partial charge in [-0.2, -0.15) is 25.5 Å². The van der Waals surface area contributed by atoms with Gasteiger partial charge in [-0.25, -0.2) is 9.59 Å². The maximum Gasteiger partial charge on any atom is 0.377 e. The number of nitrogens with zero attached hydrogens (tertiary/aromatic N) is 14. The number of esters is 2. The molecule has 134 heavy (non-hydrogen) atoms. The molecule has 0 fully saturated rings. The third-order valence-electron chi connectivity index (χ3n) is 16.4. The summed E-state index contributed by atoms with van der Waals surface area (Å²) in [7, 11) is 18.2. The van der Waals surface area contributed by atoms with Gasteiger partial charge in [0.05, 0.1) is 14.2 Å². The van der Waals surface area contributed by atoms with Crippen LogP contribution in [0.25, 0.3) is 0 Å². The lowest BCUT2D eigenvalue weighted by Crippen LogP contribution is -2.48. The molecular weight excluding hydrogens is 1910 g/mol. The van der Waals surface area contributed by atoms with E-state index in [9.17, 15) is 67.1 Å². The van der Waals surface area contributed by atoms with Crippen molar-refractivity contribution in [1.29, 1.82) is 0 Å². The number of Topliss-reactive ketones (excluding diaryl/α,β-unsaturated/α-hetero) is 5. The number of ketones is 5. The standard InChI is InChI=1S/C27H31N11O4S2.C21H27N11O4S2.C16H22N8O6S2.C10H18N6O2S2/c39-20(21-31-33-23(34-32-21)26(41)29-16-18-8-3-1-4-9-18)12-7-14-43-44-15-13-28-25(40)22-35-37-24(38-36-22)27(42)30-17-19-10-5-2-6-11-19;1-22-19(34)16-27-31-17(32-28-16)20(35)23-9-11-38-37-10-5-8-14(33)15-25-29-18(30-26-15)21(36)24-12-13-6-3-2-4-7-13;1-29-15(27)13-21-17-11(18-22-13)9(25)5-3-7-31-32-8-4-6-10(26)12-19-23-14(24-20-12)16(28)30-2;1-12-10(18)9-15-13-8(14-16-9)7(17)3-2-5-19-20-6-4-11/h1-6,8-11H,7,12-17H2,(H,28,40)(H,29,41)(H,30,42)(H,31,32)(H,33,34)(H,35,36)(H,37,38);2-4,6-7H,5,8-12H2,1H3,(H,22,34)(H,23,35)(H,24,36)(H,25,26)(H,27,28)(H,29,30)(H,31,32);3-8H2,1-2H3,(H,17,18)(H,19,20)(H,21,22)(H,23,24);2-6,11H2,1H3,(H,12,18)(H,13,14)(H,15,16). The van der Waals surface area contributed by atoms with Gasteiger partial charge in [-0.3, -0.25) is 133 Å². The quantitative estimate of drug-likeness (QED) is 0.0152. The molecule has 52 nitrogen and oxygen atoms in total. The maximum atomic E-state index is 12.4. The van der Waals surface area contributed by atoms with Crippen LogP contribution in [-0.4, -0.2) is 258 Å².